The van der Waals surface area contributed by atoms with Gasteiger partial charge in [-0.05, 0) is 49.9 Å². The van der Waals surface area contributed by atoms with Crippen LogP contribution in [0.1, 0.15) is 42.1 Å². The summed E-state index contributed by atoms with van der Waals surface area (Å²) in [6, 6.07) is 7.92. The summed E-state index contributed by atoms with van der Waals surface area (Å²) in [6.07, 6.45) is 4.13. The number of alkyl halides is 1. The van der Waals surface area contributed by atoms with E-state index < -0.39 is 0 Å². The zero-order chi connectivity index (χ0) is 14.1. The van der Waals surface area contributed by atoms with Crippen molar-refractivity contribution in [3.63, 3.8) is 0 Å². The Labute approximate surface area is 129 Å². The number of nitrogens with two attached hydrogens (primary N) is 1. The zero-order valence-corrected chi connectivity index (χ0v) is 13.7. The predicted molar refractivity (Wildman–Crippen MR) is 88.9 cm³/mol. The third-order valence-electron chi connectivity index (χ3n) is 2.96. The Bertz CT molecular complexity index is 376. The van der Waals surface area contributed by atoms with Crippen molar-refractivity contribution in [3.05, 3.63) is 35.4 Å². The Morgan fingerprint density at radius 3 is 2.58 bits per heavy atom. The lowest BCUT2D eigenvalue weighted by molar-refractivity contribution is 0.0953. The maximum atomic E-state index is 11.8. The van der Waals surface area contributed by atoms with E-state index in [2.05, 4.69) is 34.8 Å². The van der Waals surface area contributed by atoms with Crippen LogP contribution in [0.4, 0.5) is 0 Å². The standard InChI is InChI=1S/C15H23IN2O/c1-12(16)4-5-13-6-8-14(9-7-13)15(19)18-11-3-2-10-17/h6-9,12H,2-5,10-11,17H2,1H3,(H,18,19). The molecule has 1 rings (SSSR count). The first-order valence-corrected chi connectivity index (χ1v) is 8.09. The monoisotopic (exact) mass is 374 g/mol. The normalized spacial score (nSPS) is 12.2. The molecule has 0 bridgehead atoms. The maximum Gasteiger partial charge on any atom is 0.251 e. The number of hydrogen-bond donors (Lipinski definition) is 2. The average molecular weight is 374 g/mol. The molecule has 4 heteroatoms. The van der Waals surface area contributed by atoms with E-state index in [0.717, 1.165) is 24.8 Å². The summed E-state index contributed by atoms with van der Waals surface area (Å²) in [6.45, 7) is 3.59. The minimum absolute atomic E-state index is 0.00540. The van der Waals surface area contributed by atoms with Gasteiger partial charge in [-0.1, -0.05) is 41.6 Å². The summed E-state index contributed by atoms with van der Waals surface area (Å²) in [7, 11) is 0. The molecule has 0 aromatic heterocycles. The van der Waals surface area contributed by atoms with Gasteiger partial charge in [-0.3, -0.25) is 4.79 Å². The molecule has 0 fully saturated rings. The summed E-state index contributed by atoms with van der Waals surface area (Å²) in [5.74, 6) is 0.00540. The second-order valence-corrected chi connectivity index (χ2v) is 6.89. The van der Waals surface area contributed by atoms with E-state index in [-0.39, 0.29) is 5.91 Å². The Morgan fingerprint density at radius 2 is 2.00 bits per heavy atom. The summed E-state index contributed by atoms with van der Waals surface area (Å²) >= 11 is 2.44. The van der Waals surface area contributed by atoms with Crippen molar-refractivity contribution in [2.45, 2.75) is 36.5 Å². The van der Waals surface area contributed by atoms with E-state index in [9.17, 15) is 4.79 Å². The molecular formula is C15H23IN2O. The van der Waals surface area contributed by atoms with Gasteiger partial charge in [-0.25, -0.2) is 0 Å². The van der Waals surface area contributed by atoms with Crippen LogP contribution in [-0.4, -0.2) is 22.9 Å². The molecule has 0 radical (unpaired) electrons. The van der Waals surface area contributed by atoms with Crippen LogP contribution in [0.25, 0.3) is 0 Å². The SMILES string of the molecule is CC(I)CCc1ccc(C(=O)NCCCCN)cc1. The average Bonchev–Trinajstić information content (AvgIpc) is 2.41. The fourth-order valence-corrected chi connectivity index (χ4v) is 2.07. The van der Waals surface area contributed by atoms with Crippen LogP contribution < -0.4 is 11.1 Å². The molecule has 106 valence electrons. The van der Waals surface area contributed by atoms with Crippen LogP contribution in [-0.2, 0) is 6.42 Å². The van der Waals surface area contributed by atoms with Gasteiger partial charge in [0, 0.05) is 16.0 Å². The number of aryl methyl sites for hydroxylation is 1. The van der Waals surface area contributed by atoms with Crippen LogP contribution in [0.3, 0.4) is 0 Å². The lowest BCUT2D eigenvalue weighted by Gasteiger charge is -2.07. The van der Waals surface area contributed by atoms with Gasteiger partial charge in [0.2, 0.25) is 0 Å². The highest BCUT2D eigenvalue weighted by atomic mass is 127. The molecule has 0 saturated heterocycles. The third kappa shape index (κ3) is 6.92. The zero-order valence-electron chi connectivity index (χ0n) is 11.5. The molecule has 1 amide bonds. The summed E-state index contributed by atoms with van der Waals surface area (Å²) in [5, 5.41) is 2.91. The number of carbonyl (C=O) groups excluding carboxylic acids is 1. The van der Waals surface area contributed by atoms with Crippen molar-refractivity contribution in [1.82, 2.24) is 5.32 Å². The Kier molecular flexibility index (Phi) is 8.05. The molecule has 0 spiro atoms. The number of unbranched alkanes of at least 4 members (excludes halogenated alkanes) is 1. The number of carbonyl (C=O) groups is 1. The van der Waals surface area contributed by atoms with Gasteiger partial charge in [-0.15, -0.1) is 0 Å². The van der Waals surface area contributed by atoms with E-state index >= 15 is 0 Å². The molecule has 1 aromatic carbocycles. The second-order valence-electron chi connectivity index (χ2n) is 4.77. The quantitative estimate of drug-likeness (QED) is 0.418. The van der Waals surface area contributed by atoms with Gasteiger partial charge in [0.25, 0.3) is 5.91 Å². The van der Waals surface area contributed by atoms with Crippen LogP contribution in [0.2, 0.25) is 0 Å². The minimum Gasteiger partial charge on any atom is -0.352 e. The molecular weight excluding hydrogens is 351 g/mol. The molecule has 1 atom stereocenters. The van der Waals surface area contributed by atoms with Crippen LogP contribution in [0.5, 0.6) is 0 Å². The summed E-state index contributed by atoms with van der Waals surface area (Å²) < 4.78 is 0.683. The first-order chi connectivity index (χ1) is 9.13. The number of benzene rings is 1. The van der Waals surface area contributed by atoms with Gasteiger partial charge < -0.3 is 11.1 Å². The van der Waals surface area contributed by atoms with Crippen molar-refractivity contribution in [1.29, 1.82) is 0 Å². The topological polar surface area (TPSA) is 55.1 Å². The molecule has 1 aromatic rings. The molecule has 0 aliphatic carbocycles. The van der Waals surface area contributed by atoms with Crippen molar-refractivity contribution >= 4 is 28.5 Å². The van der Waals surface area contributed by atoms with Gasteiger partial charge in [0.15, 0.2) is 0 Å². The number of halogens is 1. The van der Waals surface area contributed by atoms with Gasteiger partial charge >= 0.3 is 0 Å². The third-order valence-corrected chi connectivity index (χ3v) is 3.59. The van der Waals surface area contributed by atoms with Crippen LogP contribution in [0.15, 0.2) is 24.3 Å². The van der Waals surface area contributed by atoms with E-state index in [1.165, 1.54) is 12.0 Å². The van der Waals surface area contributed by atoms with Crippen molar-refractivity contribution < 1.29 is 4.79 Å². The van der Waals surface area contributed by atoms with E-state index in [4.69, 9.17) is 5.73 Å². The highest BCUT2D eigenvalue weighted by Gasteiger charge is 2.05. The van der Waals surface area contributed by atoms with Crippen LogP contribution >= 0.6 is 22.6 Å². The number of rotatable bonds is 8. The highest BCUT2D eigenvalue weighted by Crippen LogP contribution is 2.12. The smallest absolute Gasteiger partial charge is 0.251 e. The van der Waals surface area contributed by atoms with E-state index in [1.54, 1.807) is 0 Å². The van der Waals surface area contributed by atoms with Gasteiger partial charge in [0.1, 0.15) is 0 Å². The molecule has 3 nitrogen and oxygen atoms in total. The molecule has 0 aliphatic heterocycles. The number of nitrogens with one attached hydrogen (secondary N) is 1. The largest absolute Gasteiger partial charge is 0.352 e. The maximum absolute atomic E-state index is 11.8. The van der Waals surface area contributed by atoms with Crippen molar-refractivity contribution in [3.8, 4) is 0 Å². The molecule has 0 saturated carbocycles. The molecule has 0 aliphatic rings. The summed E-state index contributed by atoms with van der Waals surface area (Å²) in [5.41, 5.74) is 7.44. The Morgan fingerprint density at radius 1 is 1.32 bits per heavy atom. The Balaban J connectivity index is 2.40. The Hall–Kier alpha value is -0.620. The lowest BCUT2D eigenvalue weighted by Crippen LogP contribution is -2.24. The predicted octanol–water partition coefficient (Wildman–Crippen LogP) is 2.91. The first-order valence-electron chi connectivity index (χ1n) is 6.84. The van der Waals surface area contributed by atoms with Gasteiger partial charge in [-0.2, -0.15) is 0 Å². The number of amides is 1. The number of hydrogen-bond acceptors (Lipinski definition) is 2. The highest BCUT2D eigenvalue weighted by molar-refractivity contribution is 14.1. The minimum atomic E-state index is 0.00540. The molecule has 1 unspecified atom stereocenters. The van der Waals surface area contributed by atoms with Crippen molar-refractivity contribution in [2.75, 3.05) is 13.1 Å². The second kappa shape index (κ2) is 9.31. The fourth-order valence-electron chi connectivity index (χ4n) is 1.76. The van der Waals surface area contributed by atoms with E-state index in [0.29, 0.717) is 17.0 Å². The summed E-state index contributed by atoms with van der Waals surface area (Å²) in [4.78, 5) is 11.8. The molecule has 3 N–H and O–H groups in total. The van der Waals surface area contributed by atoms with Crippen molar-refractivity contribution in [2.24, 2.45) is 5.73 Å². The molecule has 0 heterocycles. The van der Waals surface area contributed by atoms with Crippen LogP contribution in [0, 0.1) is 0 Å². The lowest BCUT2D eigenvalue weighted by atomic mass is 10.1. The fraction of sp³-hybridized carbons (Fsp3) is 0.533. The molecule has 19 heavy (non-hydrogen) atoms. The first kappa shape index (κ1) is 16.4. The van der Waals surface area contributed by atoms with Gasteiger partial charge in [0.05, 0.1) is 0 Å². The van der Waals surface area contributed by atoms with E-state index in [1.807, 2.05) is 24.3 Å².